The number of aromatic nitrogens is 2. The number of aromatic hydroxyl groups is 1. The number of hydrogen-bond acceptors (Lipinski definition) is 6. The Balaban J connectivity index is 2.06. The van der Waals surface area contributed by atoms with Crippen molar-refractivity contribution in [2.24, 2.45) is 11.1 Å². The monoisotopic (exact) mass is 317 g/mol. The average molecular weight is 317 g/mol. The quantitative estimate of drug-likeness (QED) is 0.524. The lowest BCUT2D eigenvalue weighted by Crippen LogP contribution is -2.45. The Bertz CT molecular complexity index is 761. The number of ketones is 2. The maximum absolute atomic E-state index is 13.0. The highest BCUT2D eigenvalue weighted by molar-refractivity contribution is 6.17. The number of nitrogens with two attached hydrogens (primary N) is 1. The fourth-order valence-corrected chi connectivity index (χ4v) is 3.65. The predicted octanol–water partition coefficient (Wildman–Crippen LogP) is 1.03. The molecule has 0 amide bonds. The first-order chi connectivity index (χ1) is 10.9. The molecule has 4 N–H and O–H groups in total. The molecule has 7 heteroatoms. The normalized spacial score (nSPS) is 27.3. The first-order valence-corrected chi connectivity index (χ1v) is 7.81. The number of hydrogen-bond donors (Lipinski definition) is 3. The largest absolute Gasteiger partial charge is 0.493 e. The van der Waals surface area contributed by atoms with E-state index in [0.717, 1.165) is 18.9 Å². The summed E-state index contributed by atoms with van der Waals surface area (Å²) in [6.07, 6.45) is 4.36. The van der Waals surface area contributed by atoms with Gasteiger partial charge in [-0.3, -0.25) is 14.4 Å². The van der Waals surface area contributed by atoms with Crippen molar-refractivity contribution >= 4 is 17.3 Å². The summed E-state index contributed by atoms with van der Waals surface area (Å²) in [5.41, 5.74) is 4.91. The molecule has 0 aromatic carbocycles. The second kappa shape index (κ2) is 5.64. The lowest BCUT2D eigenvalue weighted by atomic mass is 9.62. The third-order valence-corrected chi connectivity index (χ3v) is 4.84. The highest BCUT2D eigenvalue weighted by Crippen LogP contribution is 2.45. The minimum atomic E-state index is -0.951. The third-order valence-electron chi connectivity index (χ3n) is 4.84. The van der Waals surface area contributed by atoms with Crippen LogP contribution >= 0.6 is 0 Å². The molecule has 1 atom stereocenters. The molecule has 1 aromatic heterocycles. The zero-order valence-electron chi connectivity index (χ0n) is 12.7. The number of nitrogens with one attached hydrogen (secondary N) is 1. The van der Waals surface area contributed by atoms with Crippen molar-refractivity contribution in [3.05, 3.63) is 27.8 Å². The van der Waals surface area contributed by atoms with E-state index in [9.17, 15) is 19.5 Å². The van der Waals surface area contributed by atoms with E-state index < -0.39 is 16.9 Å². The summed E-state index contributed by atoms with van der Waals surface area (Å²) in [7, 11) is 0. The van der Waals surface area contributed by atoms with Crippen LogP contribution in [0.4, 0.5) is 0 Å². The van der Waals surface area contributed by atoms with E-state index in [2.05, 4.69) is 9.97 Å². The van der Waals surface area contributed by atoms with Gasteiger partial charge >= 0.3 is 0 Å². The summed E-state index contributed by atoms with van der Waals surface area (Å²) in [6.45, 7) is 0. The maximum atomic E-state index is 13.0. The Hall–Kier alpha value is -2.44. The smallest absolute Gasteiger partial charge is 0.255 e. The Morgan fingerprint density at radius 1 is 1.17 bits per heavy atom. The van der Waals surface area contributed by atoms with E-state index in [0.29, 0.717) is 37.7 Å². The van der Waals surface area contributed by atoms with Crippen molar-refractivity contribution in [1.82, 2.24) is 9.97 Å². The van der Waals surface area contributed by atoms with E-state index in [1.807, 2.05) is 0 Å². The van der Waals surface area contributed by atoms with Gasteiger partial charge in [0.2, 0.25) is 5.88 Å². The predicted molar refractivity (Wildman–Crippen MR) is 82.4 cm³/mol. The van der Waals surface area contributed by atoms with Gasteiger partial charge in [-0.1, -0.05) is 6.42 Å². The van der Waals surface area contributed by atoms with Gasteiger partial charge in [-0.2, -0.15) is 4.98 Å². The van der Waals surface area contributed by atoms with Crippen molar-refractivity contribution in [2.75, 3.05) is 0 Å². The van der Waals surface area contributed by atoms with Crippen LogP contribution < -0.4 is 11.3 Å². The maximum Gasteiger partial charge on any atom is 0.255 e. The number of carbonyl (C=O) groups is 2. The lowest BCUT2D eigenvalue weighted by molar-refractivity contribution is -0.143. The Morgan fingerprint density at radius 2 is 1.91 bits per heavy atom. The molecule has 2 aliphatic carbocycles. The van der Waals surface area contributed by atoms with E-state index in [1.165, 1.54) is 0 Å². The van der Waals surface area contributed by atoms with Crippen LogP contribution in [0.1, 0.15) is 50.8 Å². The van der Waals surface area contributed by atoms with Crippen LogP contribution in [0.15, 0.2) is 16.4 Å². The van der Waals surface area contributed by atoms with Crippen LogP contribution in [0.3, 0.4) is 0 Å². The minimum absolute atomic E-state index is 0.00360. The van der Waals surface area contributed by atoms with E-state index in [-0.39, 0.29) is 23.1 Å². The molecule has 2 fully saturated rings. The molecule has 2 saturated carbocycles. The Kier molecular flexibility index (Phi) is 3.79. The van der Waals surface area contributed by atoms with Crippen LogP contribution in [0.25, 0.3) is 5.70 Å². The first-order valence-electron chi connectivity index (χ1n) is 7.81. The molecule has 2 aliphatic rings. The summed E-state index contributed by atoms with van der Waals surface area (Å²) in [6, 6.07) is 0.927. The van der Waals surface area contributed by atoms with Gasteiger partial charge in [-0.25, -0.2) is 0 Å². The first kappa shape index (κ1) is 15.5. The molecule has 1 heterocycles. The van der Waals surface area contributed by atoms with Crippen LogP contribution in [0.2, 0.25) is 0 Å². The number of allylic oxidation sites excluding steroid dienone is 1. The number of H-pyrrole nitrogens is 1. The lowest BCUT2D eigenvalue weighted by Gasteiger charge is -2.38. The zero-order valence-corrected chi connectivity index (χ0v) is 12.7. The van der Waals surface area contributed by atoms with Crippen LogP contribution in [0, 0.1) is 5.41 Å². The fraction of sp³-hybridized carbons (Fsp3) is 0.500. The topological polar surface area (TPSA) is 126 Å². The molecule has 0 radical (unpaired) electrons. The van der Waals surface area contributed by atoms with Gasteiger partial charge in [0.25, 0.3) is 5.56 Å². The average Bonchev–Trinajstić information content (AvgIpc) is 2.51. The highest BCUT2D eigenvalue weighted by atomic mass is 16.3. The number of carbonyl (C=O) groups excluding carboxylic acids is 2. The standard InChI is InChI=1S/C16H19N3O4/c17-13(15-18-11(21)8-12(22)19-15)9-4-3-7-16(14(9)23)6-2-1-5-10(16)20/h8H,1-7,17H2,(H2,18,19,21,22)/b13-9-/t16-/m1/s1. The van der Waals surface area contributed by atoms with Crippen molar-refractivity contribution in [2.45, 2.75) is 44.9 Å². The van der Waals surface area contributed by atoms with E-state index in [1.54, 1.807) is 0 Å². The van der Waals surface area contributed by atoms with Crippen LogP contribution in [-0.2, 0) is 9.59 Å². The molecule has 3 rings (SSSR count). The Morgan fingerprint density at radius 3 is 2.61 bits per heavy atom. The minimum Gasteiger partial charge on any atom is -0.493 e. The number of nitrogens with zero attached hydrogens (tertiary/aromatic N) is 1. The summed E-state index contributed by atoms with van der Waals surface area (Å²) in [4.78, 5) is 43.0. The van der Waals surface area contributed by atoms with Crippen LogP contribution in [-0.4, -0.2) is 26.6 Å². The van der Waals surface area contributed by atoms with Gasteiger partial charge in [-0.15, -0.1) is 0 Å². The van der Waals surface area contributed by atoms with E-state index in [4.69, 9.17) is 5.73 Å². The summed E-state index contributed by atoms with van der Waals surface area (Å²) in [5.74, 6) is -0.731. The molecule has 0 saturated heterocycles. The third kappa shape index (κ3) is 2.56. The number of rotatable bonds is 1. The Labute approximate surface area is 132 Å². The summed E-state index contributed by atoms with van der Waals surface area (Å²) in [5, 5.41) is 9.44. The van der Waals surface area contributed by atoms with Crippen molar-refractivity contribution in [1.29, 1.82) is 0 Å². The number of aromatic amines is 1. The highest BCUT2D eigenvalue weighted by Gasteiger charge is 2.49. The second-order valence-electron chi connectivity index (χ2n) is 6.24. The molecule has 0 bridgehead atoms. The van der Waals surface area contributed by atoms with E-state index >= 15 is 0 Å². The molecule has 7 nitrogen and oxygen atoms in total. The fourth-order valence-electron chi connectivity index (χ4n) is 3.65. The molecule has 122 valence electrons. The SMILES string of the molecule is N/C(=C1/CCC[C@@]2(CCCCC2=O)C1=O)c1nc(O)cc(=O)[nH]1. The number of Topliss-reactive ketones (excluding diaryl/α,β-unsaturated/α-hetero) is 2. The van der Waals surface area contributed by atoms with Crippen molar-refractivity contribution < 1.29 is 14.7 Å². The molecular formula is C16H19N3O4. The van der Waals surface area contributed by atoms with Crippen LogP contribution in [0.5, 0.6) is 5.88 Å². The van der Waals surface area contributed by atoms with Crippen molar-refractivity contribution in [3.63, 3.8) is 0 Å². The van der Waals surface area contributed by atoms with Crippen molar-refractivity contribution in [3.8, 4) is 5.88 Å². The second-order valence-corrected chi connectivity index (χ2v) is 6.24. The molecule has 1 spiro atoms. The van der Waals surface area contributed by atoms with Gasteiger partial charge in [-0.05, 0) is 32.1 Å². The molecule has 0 unspecified atom stereocenters. The van der Waals surface area contributed by atoms with Gasteiger partial charge in [0, 0.05) is 12.0 Å². The molecule has 23 heavy (non-hydrogen) atoms. The zero-order chi connectivity index (χ0) is 16.6. The summed E-state index contributed by atoms with van der Waals surface area (Å²) < 4.78 is 0. The van der Waals surface area contributed by atoms with Gasteiger partial charge in [0.15, 0.2) is 11.6 Å². The van der Waals surface area contributed by atoms with Gasteiger partial charge < -0.3 is 15.8 Å². The molecule has 0 aliphatic heterocycles. The molecule has 1 aromatic rings. The van der Waals surface area contributed by atoms with Gasteiger partial charge in [0.1, 0.15) is 5.78 Å². The van der Waals surface area contributed by atoms with Gasteiger partial charge in [0.05, 0.1) is 17.2 Å². The molecular weight excluding hydrogens is 298 g/mol. The summed E-state index contributed by atoms with van der Waals surface area (Å²) >= 11 is 0.